The molecule has 2 fully saturated rings. The van der Waals surface area contributed by atoms with Gasteiger partial charge in [0, 0.05) is 18.7 Å². The van der Waals surface area contributed by atoms with Crippen molar-refractivity contribution < 1.29 is 28.7 Å². The molecular weight excluding hydrogens is 428 g/mol. The van der Waals surface area contributed by atoms with Gasteiger partial charge in [0.15, 0.2) is 6.61 Å². The highest BCUT2D eigenvalue weighted by Crippen LogP contribution is 2.37. The van der Waals surface area contributed by atoms with Gasteiger partial charge >= 0.3 is 12.0 Å². The average Bonchev–Trinajstić information content (AvgIpc) is 3.02. The minimum Gasteiger partial charge on any atom is -0.454 e. The number of hydrogen-bond acceptors (Lipinski definition) is 6. The normalized spacial score (nSPS) is 22.2. The first-order valence-electron chi connectivity index (χ1n) is 11.2. The summed E-state index contributed by atoms with van der Waals surface area (Å²) in [5, 5.41) is 2.76. The Morgan fingerprint density at radius 3 is 2.45 bits per heavy atom. The molecule has 3 rings (SSSR count). The Bertz CT molecular complexity index is 911. The fourth-order valence-electron chi connectivity index (χ4n) is 4.36. The van der Waals surface area contributed by atoms with Crippen molar-refractivity contribution in [3.8, 4) is 0 Å². The molecular formula is C23H30N4O6. The van der Waals surface area contributed by atoms with E-state index in [2.05, 4.69) is 12.2 Å². The van der Waals surface area contributed by atoms with Crippen molar-refractivity contribution in [3.05, 3.63) is 30.3 Å². The molecule has 1 aromatic carbocycles. The summed E-state index contributed by atoms with van der Waals surface area (Å²) in [4.78, 5) is 63.7. The number of carbonyl (C=O) groups is 5. The molecule has 1 saturated carbocycles. The Hall–Kier alpha value is -3.43. The van der Waals surface area contributed by atoms with Crippen LogP contribution in [0, 0.1) is 5.92 Å². The molecule has 5 amide bonds. The zero-order chi connectivity index (χ0) is 24.0. The van der Waals surface area contributed by atoms with Gasteiger partial charge in [-0.15, -0.1) is 0 Å². The number of primary amides is 1. The van der Waals surface area contributed by atoms with Crippen LogP contribution >= 0.6 is 0 Å². The Kier molecular flexibility index (Phi) is 7.67. The van der Waals surface area contributed by atoms with E-state index >= 15 is 0 Å². The van der Waals surface area contributed by atoms with Crippen LogP contribution in [0.15, 0.2) is 30.3 Å². The first-order valence-corrected chi connectivity index (χ1v) is 11.2. The number of amides is 5. The van der Waals surface area contributed by atoms with E-state index in [1.807, 2.05) is 0 Å². The molecule has 1 aromatic rings. The Morgan fingerprint density at radius 2 is 1.85 bits per heavy atom. The zero-order valence-corrected chi connectivity index (χ0v) is 18.7. The van der Waals surface area contributed by atoms with Gasteiger partial charge in [0.2, 0.25) is 5.91 Å². The molecule has 1 heterocycles. The molecule has 0 unspecified atom stereocenters. The summed E-state index contributed by atoms with van der Waals surface area (Å²) < 4.78 is 5.06. The monoisotopic (exact) mass is 458 g/mol. The fourth-order valence-corrected chi connectivity index (χ4v) is 4.36. The number of urea groups is 1. The van der Waals surface area contributed by atoms with E-state index in [4.69, 9.17) is 10.5 Å². The number of para-hydroxylation sites is 1. The predicted molar refractivity (Wildman–Crippen MR) is 119 cm³/mol. The molecule has 1 spiro atoms. The van der Waals surface area contributed by atoms with Gasteiger partial charge in [-0.3, -0.25) is 24.1 Å². The third kappa shape index (κ3) is 5.68. The molecule has 10 heteroatoms. The second-order valence-electron chi connectivity index (χ2n) is 8.51. The van der Waals surface area contributed by atoms with Gasteiger partial charge in [-0.05, 0) is 43.7 Å². The van der Waals surface area contributed by atoms with Crippen molar-refractivity contribution in [2.24, 2.45) is 11.7 Å². The van der Waals surface area contributed by atoms with Gasteiger partial charge in [0.05, 0.1) is 0 Å². The Labute approximate surface area is 192 Å². The standard InChI is InChI=1S/C23H30N4O6/c1-2-16-8-11-23(12-9-16)21(31)27(22(32)25-23)14-20(30)33-15-19(29)26(13-10-18(24)28)17-6-4-3-5-7-17/h3-7,16H,2,8-15H2,1H3,(H2,24,28)(H,25,32). The summed E-state index contributed by atoms with van der Waals surface area (Å²) in [7, 11) is 0. The maximum atomic E-state index is 12.9. The third-order valence-corrected chi connectivity index (χ3v) is 6.38. The second-order valence-corrected chi connectivity index (χ2v) is 8.51. The number of rotatable bonds is 9. The van der Waals surface area contributed by atoms with E-state index < -0.39 is 48.4 Å². The summed E-state index contributed by atoms with van der Waals surface area (Å²) in [6.07, 6.45) is 3.75. The van der Waals surface area contributed by atoms with Crippen LogP contribution in [0.2, 0.25) is 0 Å². The van der Waals surface area contributed by atoms with Gasteiger partial charge in [0.1, 0.15) is 12.1 Å². The number of ether oxygens (including phenoxy) is 1. The lowest BCUT2D eigenvalue weighted by Gasteiger charge is -2.34. The summed E-state index contributed by atoms with van der Waals surface area (Å²) in [5.41, 5.74) is 4.78. The molecule has 10 nitrogen and oxygen atoms in total. The predicted octanol–water partition coefficient (Wildman–Crippen LogP) is 1.33. The number of hydrogen-bond donors (Lipinski definition) is 2. The lowest BCUT2D eigenvalue weighted by atomic mass is 9.75. The van der Waals surface area contributed by atoms with Crippen LogP contribution in [-0.2, 0) is 23.9 Å². The van der Waals surface area contributed by atoms with Crippen molar-refractivity contribution in [1.82, 2.24) is 10.2 Å². The third-order valence-electron chi connectivity index (χ3n) is 6.38. The van der Waals surface area contributed by atoms with Crippen molar-refractivity contribution in [2.75, 3.05) is 24.6 Å². The molecule has 0 atom stereocenters. The van der Waals surface area contributed by atoms with Gasteiger partial charge in [-0.25, -0.2) is 4.79 Å². The number of anilines is 1. The Morgan fingerprint density at radius 1 is 1.18 bits per heavy atom. The molecule has 0 radical (unpaired) electrons. The highest BCUT2D eigenvalue weighted by Gasteiger charge is 2.52. The quantitative estimate of drug-likeness (QED) is 0.423. The summed E-state index contributed by atoms with van der Waals surface area (Å²) >= 11 is 0. The van der Waals surface area contributed by atoms with Crippen molar-refractivity contribution >= 4 is 35.4 Å². The number of imide groups is 1. The largest absolute Gasteiger partial charge is 0.454 e. The molecule has 33 heavy (non-hydrogen) atoms. The molecule has 3 N–H and O–H groups in total. The van der Waals surface area contributed by atoms with E-state index in [9.17, 15) is 24.0 Å². The van der Waals surface area contributed by atoms with Crippen LogP contribution < -0.4 is 16.0 Å². The van der Waals surface area contributed by atoms with Gasteiger partial charge in [0.25, 0.3) is 11.8 Å². The molecule has 1 aliphatic heterocycles. The van der Waals surface area contributed by atoms with Crippen LogP contribution in [-0.4, -0.2) is 59.9 Å². The van der Waals surface area contributed by atoms with Gasteiger partial charge in [-0.1, -0.05) is 31.5 Å². The number of nitrogens with zero attached hydrogens (tertiary/aromatic N) is 2. The second kappa shape index (κ2) is 10.5. The number of nitrogens with two attached hydrogens (primary N) is 1. The van der Waals surface area contributed by atoms with Crippen molar-refractivity contribution in [2.45, 2.75) is 51.0 Å². The van der Waals surface area contributed by atoms with Crippen LogP contribution in [0.4, 0.5) is 10.5 Å². The van der Waals surface area contributed by atoms with E-state index in [1.165, 1.54) is 4.90 Å². The minimum absolute atomic E-state index is 0.0318. The SMILES string of the molecule is CCC1CCC2(CC1)NC(=O)N(CC(=O)OCC(=O)N(CCC(N)=O)c1ccccc1)C2=O. The smallest absolute Gasteiger partial charge is 0.326 e. The Balaban J connectivity index is 1.56. The van der Waals surface area contributed by atoms with E-state index in [0.717, 1.165) is 24.2 Å². The molecule has 178 valence electrons. The highest BCUT2D eigenvalue weighted by molar-refractivity contribution is 6.08. The number of carbonyl (C=O) groups excluding carboxylic acids is 5. The van der Waals surface area contributed by atoms with Gasteiger partial charge < -0.3 is 20.7 Å². The van der Waals surface area contributed by atoms with Crippen LogP contribution in [0.3, 0.4) is 0 Å². The molecule has 2 aliphatic rings. The first-order chi connectivity index (χ1) is 15.8. The lowest BCUT2D eigenvalue weighted by molar-refractivity contribution is -0.150. The molecule has 0 aromatic heterocycles. The average molecular weight is 459 g/mol. The van der Waals surface area contributed by atoms with E-state index in [1.54, 1.807) is 30.3 Å². The summed E-state index contributed by atoms with van der Waals surface area (Å²) in [6.45, 7) is 0.973. The molecule has 0 bridgehead atoms. The molecule has 1 aliphatic carbocycles. The van der Waals surface area contributed by atoms with E-state index in [0.29, 0.717) is 24.4 Å². The topological polar surface area (TPSA) is 139 Å². The minimum atomic E-state index is -0.947. The van der Waals surface area contributed by atoms with Crippen LogP contribution in [0.25, 0.3) is 0 Å². The first kappa shape index (κ1) is 24.2. The molecule has 1 saturated heterocycles. The zero-order valence-electron chi connectivity index (χ0n) is 18.7. The lowest BCUT2D eigenvalue weighted by Crippen LogP contribution is -2.49. The number of benzene rings is 1. The fraction of sp³-hybridized carbons (Fsp3) is 0.522. The maximum Gasteiger partial charge on any atom is 0.326 e. The number of esters is 1. The van der Waals surface area contributed by atoms with Crippen LogP contribution in [0.1, 0.15) is 45.4 Å². The van der Waals surface area contributed by atoms with E-state index in [-0.39, 0.29) is 13.0 Å². The van der Waals surface area contributed by atoms with Crippen LogP contribution in [0.5, 0.6) is 0 Å². The van der Waals surface area contributed by atoms with Crippen molar-refractivity contribution in [1.29, 1.82) is 0 Å². The van der Waals surface area contributed by atoms with Gasteiger partial charge in [-0.2, -0.15) is 0 Å². The number of nitrogens with one attached hydrogen (secondary N) is 1. The maximum absolute atomic E-state index is 12.9. The van der Waals surface area contributed by atoms with Crippen molar-refractivity contribution in [3.63, 3.8) is 0 Å². The summed E-state index contributed by atoms with van der Waals surface area (Å²) in [6, 6.07) is 7.98. The summed E-state index contributed by atoms with van der Waals surface area (Å²) in [5.74, 6) is -1.87. The highest BCUT2D eigenvalue weighted by atomic mass is 16.5.